The number of ketones is 1. The summed E-state index contributed by atoms with van der Waals surface area (Å²) in [5, 5.41) is 0. The number of fused-ring (bicyclic) bond motifs is 1. The quantitative estimate of drug-likeness (QED) is 0.796. The number of carbonyl (C=O) groups is 1. The molecule has 0 aromatic heterocycles. The molecule has 1 aliphatic rings. The molecular weight excluding hydrogens is 278 g/mol. The van der Waals surface area contributed by atoms with Gasteiger partial charge in [-0.3, -0.25) is 4.79 Å². The molecule has 0 N–H and O–H groups in total. The maximum absolute atomic E-state index is 13.7. The molecule has 0 aliphatic carbocycles. The van der Waals surface area contributed by atoms with E-state index in [4.69, 9.17) is 9.47 Å². The summed E-state index contributed by atoms with van der Waals surface area (Å²) in [4.78, 5) is 12.3. The normalized spacial score (nSPS) is 13.6. The number of halogens is 2. The Bertz CT molecular complexity index is 698. The van der Waals surface area contributed by atoms with Crippen LogP contribution < -0.4 is 9.47 Å². The smallest absolute Gasteiger partial charge is 0.196 e. The highest BCUT2D eigenvalue weighted by Gasteiger charge is 2.18. The molecule has 108 valence electrons. The lowest BCUT2D eigenvalue weighted by molar-refractivity contribution is 0.103. The van der Waals surface area contributed by atoms with Gasteiger partial charge in [0.2, 0.25) is 0 Å². The Morgan fingerprint density at radius 2 is 1.71 bits per heavy atom. The fourth-order valence-electron chi connectivity index (χ4n) is 2.13. The number of hydrogen-bond donors (Lipinski definition) is 0. The first kappa shape index (κ1) is 13.5. The third-order valence-corrected chi connectivity index (χ3v) is 3.18. The zero-order valence-electron chi connectivity index (χ0n) is 11.1. The van der Waals surface area contributed by atoms with Crippen molar-refractivity contribution in [3.63, 3.8) is 0 Å². The van der Waals surface area contributed by atoms with Crippen molar-refractivity contribution in [2.75, 3.05) is 13.2 Å². The maximum atomic E-state index is 13.7. The number of ether oxygens (including phenoxy) is 2. The van der Waals surface area contributed by atoms with E-state index in [1.165, 1.54) is 12.1 Å². The Labute approximate surface area is 120 Å². The third-order valence-electron chi connectivity index (χ3n) is 3.18. The van der Waals surface area contributed by atoms with Gasteiger partial charge in [-0.2, -0.15) is 0 Å². The van der Waals surface area contributed by atoms with Gasteiger partial charge in [0, 0.05) is 12.0 Å². The maximum Gasteiger partial charge on any atom is 0.196 e. The molecule has 1 aliphatic heterocycles. The van der Waals surface area contributed by atoms with Crippen LogP contribution in [0.5, 0.6) is 11.5 Å². The Kier molecular flexibility index (Phi) is 3.56. The predicted molar refractivity (Wildman–Crippen MR) is 71.8 cm³/mol. The number of hydrogen-bond acceptors (Lipinski definition) is 3. The first-order chi connectivity index (χ1) is 10.1. The number of benzene rings is 2. The molecule has 0 amide bonds. The fourth-order valence-corrected chi connectivity index (χ4v) is 2.13. The van der Waals surface area contributed by atoms with E-state index >= 15 is 0 Å². The van der Waals surface area contributed by atoms with Crippen LogP contribution in [-0.4, -0.2) is 19.0 Å². The van der Waals surface area contributed by atoms with Crippen molar-refractivity contribution >= 4 is 5.78 Å². The van der Waals surface area contributed by atoms with Crippen LogP contribution in [0.3, 0.4) is 0 Å². The van der Waals surface area contributed by atoms with E-state index in [1.54, 1.807) is 6.07 Å². The lowest BCUT2D eigenvalue weighted by atomic mass is 10.0. The fraction of sp³-hybridized carbons (Fsp3) is 0.188. The van der Waals surface area contributed by atoms with Crippen molar-refractivity contribution in [2.45, 2.75) is 6.42 Å². The largest absolute Gasteiger partial charge is 0.490 e. The van der Waals surface area contributed by atoms with Crippen LogP contribution in [0.2, 0.25) is 0 Å². The summed E-state index contributed by atoms with van der Waals surface area (Å²) in [5.74, 6) is -1.02. The molecule has 3 rings (SSSR count). The summed E-state index contributed by atoms with van der Waals surface area (Å²) in [7, 11) is 0. The number of carbonyl (C=O) groups excluding carboxylic acids is 1. The van der Waals surface area contributed by atoms with Crippen LogP contribution in [-0.2, 0) is 0 Å². The minimum atomic E-state index is -0.756. The Morgan fingerprint density at radius 3 is 2.52 bits per heavy atom. The topological polar surface area (TPSA) is 35.5 Å². The van der Waals surface area contributed by atoms with E-state index in [1.807, 2.05) is 0 Å². The van der Waals surface area contributed by atoms with Gasteiger partial charge in [0.25, 0.3) is 0 Å². The lowest BCUT2D eigenvalue weighted by Gasteiger charge is -2.09. The van der Waals surface area contributed by atoms with Crippen LogP contribution in [0.4, 0.5) is 8.78 Å². The van der Waals surface area contributed by atoms with Gasteiger partial charge in [0.15, 0.2) is 17.3 Å². The first-order valence-electron chi connectivity index (χ1n) is 6.54. The third kappa shape index (κ3) is 2.72. The summed E-state index contributed by atoms with van der Waals surface area (Å²) in [6.07, 6.45) is 0.747. The lowest BCUT2D eigenvalue weighted by Crippen LogP contribution is -2.05. The molecule has 21 heavy (non-hydrogen) atoms. The van der Waals surface area contributed by atoms with Gasteiger partial charge in [-0.25, -0.2) is 8.78 Å². The Balaban J connectivity index is 1.98. The predicted octanol–water partition coefficient (Wildman–Crippen LogP) is 3.36. The molecule has 3 nitrogen and oxygen atoms in total. The molecule has 0 radical (unpaired) electrons. The summed E-state index contributed by atoms with van der Waals surface area (Å²) < 4.78 is 37.8. The summed E-state index contributed by atoms with van der Waals surface area (Å²) >= 11 is 0. The Hall–Kier alpha value is -2.43. The number of rotatable bonds is 2. The van der Waals surface area contributed by atoms with Gasteiger partial charge in [-0.15, -0.1) is 0 Å². The van der Waals surface area contributed by atoms with Crippen molar-refractivity contribution in [1.29, 1.82) is 0 Å². The van der Waals surface area contributed by atoms with Crippen LogP contribution in [0.1, 0.15) is 22.3 Å². The van der Waals surface area contributed by atoms with Crippen LogP contribution in [0, 0.1) is 11.6 Å². The molecule has 0 fully saturated rings. The Morgan fingerprint density at radius 1 is 0.952 bits per heavy atom. The van der Waals surface area contributed by atoms with Crippen molar-refractivity contribution in [2.24, 2.45) is 0 Å². The zero-order chi connectivity index (χ0) is 14.8. The van der Waals surface area contributed by atoms with Crippen molar-refractivity contribution in [3.8, 4) is 11.5 Å². The highest BCUT2D eigenvalue weighted by molar-refractivity contribution is 6.09. The van der Waals surface area contributed by atoms with E-state index in [0.29, 0.717) is 24.7 Å². The molecular formula is C16H12F2O3. The van der Waals surface area contributed by atoms with Crippen LogP contribution >= 0.6 is 0 Å². The van der Waals surface area contributed by atoms with Crippen molar-refractivity contribution < 1.29 is 23.0 Å². The molecule has 0 spiro atoms. The van der Waals surface area contributed by atoms with Crippen LogP contribution in [0.25, 0.3) is 0 Å². The zero-order valence-corrected chi connectivity index (χ0v) is 11.1. The first-order valence-corrected chi connectivity index (χ1v) is 6.54. The van der Waals surface area contributed by atoms with Crippen LogP contribution in [0.15, 0.2) is 36.4 Å². The van der Waals surface area contributed by atoms with Gasteiger partial charge in [0.05, 0.1) is 18.8 Å². The van der Waals surface area contributed by atoms with E-state index in [0.717, 1.165) is 24.6 Å². The highest BCUT2D eigenvalue weighted by Crippen LogP contribution is 2.31. The average Bonchev–Trinajstić information content (AvgIpc) is 2.73. The second-order valence-corrected chi connectivity index (χ2v) is 4.67. The van der Waals surface area contributed by atoms with E-state index in [2.05, 4.69) is 0 Å². The van der Waals surface area contributed by atoms with Gasteiger partial charge >= 0.3 is 0 Å². The van der Waals surface area contributed by atoms with Crippen molar-refractivity contribution in [1.82, 2.24) is 0 Å². The second-order valence-electron chi connectivity index (χ2n) is 4.67. The van der Waals surface area contributed by atoms with Crippen molar-refractivity contribution in [3.05, 3.63) is 59.2 Å². The summed E-state index contributed by atoms with van der Waals surface area (Å²) in [6, 6.07) is 7.41. The molecule has 0 saturated heterocycles. The summed E-state index contributed by atoms with van der Waals surface area (Å²) in [6.45, 7) is 1.03. The molecule has 5 heteroatoms. The molecule has 2 aromatic rings. The SMILES string of the molecule is O=C(c1ccc2c(c1)OCCCO2)c1cc(F)ccc1F. The summed E-state index contributed by atoms with van der Waals surface area (Å²) in [5.41, 5.74) is -0.0757. The van der Waals surface area contributed by atoms with Gasteiger partial charge in [-0.1, -0.05) is 0 Å². The highest BCUT2D eigenvalue weighted by atomic mass is 19.1. The molecule has 0 unspecified atom stereocenters. The van der Waals surface area contributed by atoms with Gasteiger partial charge < -0.3 is 9.47 Å². The standard InChI is InChI=1S/C16H12F2O3/c17-11-3-4-13(18)12(9-11)16(19)10-2-5-14-15(8-10)21-7-1-6-20-14/h2-5,8-9H,1,6-7H2. The van der Waals surface area contributed by atoms with E-state index in [-0.39, 0.29) is 11.1 Å². The minimum Gasteiger partial charge on any atom is -0.490 e. The van der Waals surface area contributed by atoms with E-state index in [9.17, 15) is 13.6 Å². The molecule has 0 atom stereocenters. The minimum absolute atomic E-state index is 0.226. The average molecular weight is 290 g/mol. The van der Waals surface area contributed by atoms with E-state index < -0.39 is 17.4 Å². The molecule has 1 heterocycles. The molecule has 0 bridgehead atoms. The molecule has 2 aromatic carbocycles. The van der Waals surface area contributed by atoms with Gasteiger partial charge in [0.1, 0.15) is 11.6 Å². The second kappa shape index (κ2) is 5.52. The van der Waals surface area contributed by atoms with Gasteiger partial charge in [-0.05, 0) is 36.4 Å². The monoisotopic (exact) mass is 290 g/mol. The molecule has 0 saturated carbocycles.